The van der Waals surface area contributed by atoms with Crippen LogP contribution in [0.15, 0.2) is 75.7 Å². The molecule has 0 heterocycles. The zero-order chi connectivity index (χ0) is 19.9. The van der Waals surface area contributed by atoms with Crippen molar-refractivity contribution in [2.45, 2.75) is 13.5 Å². The Labute approximate surface area is 181 Å². The van der Waals surface area contributed by atoms with E-state index in [1.807, 2.05) is 73.7 Å². The maximum atomic E-state index is 12.1. The van der Waals surface area contributed by atoms with Crippen molar-refractivity contribution in [3.05, 3.63) is 86.8 Å². The second-order valence-corrected chi connectivity index (χ2v) is 8.05. The number of rotatable bonds is 7. The summed E-state index contributed by atoms with van der Waals surface area (Å²) in [6.45, 7) is 2.59. The van der Waals surface area contributed by atoms with Gasteiger partial charge in [-0.25, -0.2) is 0 Å². The molecule has 0 unspecified atom stereocenters. The summed E-state index contributed by atoms with van der Waals surface area (Å²) in [5.41, 5.74) is 3.96. The fourth-order valence-electron chi connectivity index (χ4n) is 2.59. The minimum absolute atomic E-state index is 0.0522. The Balaban J connectivity index is 1.53. The van der Waals surface area contributed by atoms with Crippen LogP contribution < -0.4 is 15.4 Å². The Hall–Kier alpha value is -2.31. The first kappa shape index (κ1) is 20.4. The average molecular weight is 504 g/mol. The van der Waals surface area contributed by atoms with Crippen LogP contribution in [0.4, 0.5) is 11.4 Å². The van der Waals surface area contributed by atoms with E-state index in [4.69, 9.17) is 4.74 Å². The molecule has 0 aliphatic rings. The molecular formula is C22H20Br2N2O2. The van der Waals surface area contributed by atoms with Crippen LogP contribution in [0.25, 0.3) is 0 Å². The zero-order valence-corrected chi connectivity index (χ0v) is 18.5. The maximum Gasteiger partial charge on any atom is 0.262 e. The lowest BCUT2D eigenvalue weighted by molar-refractivity contribution is -0.118. The summed E-state index contributed by atoms with van der Waals surface area (Å²) in [5, 5.41) is 6.23. The van der Waals surface area contributed by atoms with Crippen molar-refractivity contribution in [3.8, 4) is 5.75 Å². The van der Waals surface area contributed by atoms with Gasteiger partial charge in [0.1, 0.15) is 5.75 Å². The topological polar surface area (TPSA) is 50.4 Å². The molecule has 0 aromatic heterocycles. The number of hydrogen-bond donors (Lipinski definition) is 2. The van der Waals surface area contributed by atoms with E-state index >= 15 is 0 Å². The Bertz CT molecular complexity index is 959. The van der Waals surface area contributed by atoms with Gasteiger partial charge in [0.2, 0.25) is 0 Å². The molecule has 0 aliphatic carbocycles. The van der Waals surface area contributed by atoms with Gasteiger partial charge in [-0.05, 0) is 76.4 Å². The second-order valence-electron chi connectivity index (χ2n) is 6.28. The van der Waals surface area contributed by atoms with E-state index in [1.165, 1.54) is 0 Å². The third-order valence-corrected chi connectivity index (χ3v) is 5.26. The van der Waals surface area contributed by atoms with Crippen molar-refractivity contribution < 1.29 is 9.53 Å². The van der Waals surface area contributed by atoms with Crippen LogP contribution in [0.2, 0.25) is 0 Å². The summed E-state index contributed by atoms with van der Waals surface area (Å²) < 4.78 is 7.52. The SMILES string of the molecule is Cc1ccccc1NC(=O)COc1ccc(CNc2ccc(Br)cc2)cc1Br. The van der Waals surface area contributed by atoms with E-state index in [-0.39, 0.29) is 12.5 Å². The first-order valence-corrected chi connectivity index (χ1v) is 10.4. The molecule has 144 valence electrons. The number of para-hydroxylation sites is 1. The van der Waals surface area contributed by atoms with Crippen molar-refractivity contribution in [2.75, 3.05) is 17.2 Å². The van der Waals surface area contributed by atoms with Crippen molar-refractivity contribution >= 4 is 49.1 Å². The quantitative estimate of drug-likeness (QED) is 0.406. The molecule has 3 rings (SSSR count). The summed E-state index contributed by atoms with van der Waals surface area (Å²) in [6, 6.07) is 21.5. The molecule has 28 heavy (non-hydrogen) atoms. The Kier molecular flexibility index (Phi) is 7.12. The highest BCUT2D eigenvalue weighted by atomic mass is 79.9. The lowest BCUT2D eigenvalue weighted by atomic mass is 10.2. The van der Waals surface area contributed by atoms with Gasteiger partial charge in [0.15, 0.2) is 6.61 Å². The Morgan fingerprint density at radius 1 is 1.00 bits per heavy atom. The van der Waals surface area contributed by atoms with Crippen LogP contribution in [0.1, 0.15) is 11.1 Å². The average Bonchev–Trinajstić information content (AvgIpc) is 2.68. The number of carbonyl (C=O) groups is 1. The summed E-state index contributed by atoms with van der Waals surface area (Å²) >= 11 is 6.95. The number of hydrogen-bond acceptors (Lipinski definition) is 3. The first-order valence-electron chi connectivity index (χ1n) is 8.77. The standard InChI is InChI=1S/C22H20Br2N2O2/c1-15-4-2-3-5-20(15)26-22(27)14-28-21-11-6-16(12-19(21)24)13-25-18-9-7-17(23)8-10-18/h2-12,25H,13-14H2,1H3,(H,26,27). The number of halogens is 2. The molecule has 0 saturated carbocycles. The predicted molar refractivity (Wildman–Crippen MR) is 121 cm³/mol. The van der Waals surface area contributed by atoms with Gasteiger partial charge in [-0.2, -0.15) is 0 Å². The largest absolute Gasteiger partial charge is 0.483 e. The lowest BCUT2D eigenvalue weighted by Crippen LogP contribution is -2.20. The Morgan fingerprint density at radius 3 is 2.46 bits per heavy atom. The molecule has 0 saturated heterocycles. The molecular weight excluding hydrogens is 484 g/mol. The van der Waals surface area contributed by atoms with Gasteiger partial charge in [-0.1, -0.05) is 40.2 Å². The van der Waals surface area contributed by atoms with Crippen molar-refractivity contribution in [1.29, 1.82) is 0 Å². The maximum absolute atomic E-state index is 12.1. The third-order valence-electron chi connectivity index (χ3n) is 4.12. The van der Waals surface area contributed by atoms with Gasteiger partial charge in [0.25, 0.3) is 5.91 Å². The number of nitrogens with one attached hydrogen (secondary N) is 2. The zero-order valence-electron chi connectivity index (χ0n) is 15.3. The van der Waals surface area contributed by atoms with Crippen LogP contribution >= 0.6 is 31.9 Å². The summed E-state index contributed by atoms with van der Waals surface area (Å²) in [6.07, 6.45) is 0. The number of anilines is 2. The highest BCUT2D eigenvalue weighted by Gasteiger charge is 2.08. The molecule has 4 nitrogen and oxygen atoms in total. The number of carbonyl (C=O) groups excluding carboxylic acids is 1. The van der Waals surface area contributed by atoms with E-state index in [0.29, 0.717) is 12.3 Å². The van der Waals surface area contributed by atoms with Crippen LogP contribution in [-0.4, -0.2) is 12.5 Å². The molecule has 0 fully saturated rings. The molecule has 0 spiro atoms. The highest BCUT2D eigenvalue weighted by molar-refractivity contribution is 9.10. The summed E-state index contributed by atoms with van der Waals surface area (Å²) in [5.74, 6) is 0.439. The molecule has 3 aromatic rings. The molecule has 2 N–H and O–H groups in total. The van der Waals surface area contributed by atoms with E-state index in [0.717, 1.165) is 31.4 Å². The van der Waals surface area contributed by atoms with E-state index in [9.17, 15) is 4.79 Å². The van der Waals surface area contributed by atoms with Crippen LogP contribution in [0, 0.1) is 6.92 Å². The minimum atomic E-state index is -0.192. The summed E-state index contributed by atoms with van der Waals surface area (Å²) in [7, 11) is 0. The van der Waals surface area contributed by atoms with E-state index in [1.54, 1.807) is 0 Å². The van der Waals surface area contributed by atoms with Crippen molar-refractivity contribution in [1.82, 2.24) is 0 Å². The minimum Gasteiger partial charge on any atom is -0.483 e. The second kappa shape index (κ2) is 9.75. The molecule has 6 heteroatoms. The molecule has 0 radical (unpaired) electrons. The molecule has 0 bridgehead atoms. The lowest BCUT2D eigenvalue weighted by Gasteiger charge is -2.12. The molecule has 1 amide bonds. The third kappa shape index (κ3) is 5.84. The molecule has 0 atom stereocenters. The normalized spacial score (nSPS) is 10.4. The smallest absolute Gasteiger partial charge is 0.262 e. The first-order chi connectivity index (χ1) is 13.5. The Morgan fingerprint density at radius 2 is 1.75 bits per heavy atom. The van der Waals surface area contributed by atoms with Crippen LogP contribution in [0.3, 0.4) is 0 Å². The number of aryl methyl sites for hydroxylation is 1. The van der Waals surface area contributed by atoms with Gasteiger partial charge < -0.3 is 15.4 Å². The number of benzene rings is 3. The van der Waals surface area contributed by atoms with E-state index in [2.05, 4.69) is 42.5 Å². The van der Waals surface area contributed by atoms with Crippen molar-refractivity contribution in [2.24, 2.45) is 0 Å². The van der Waals surface area contributed by atoms with Crippen LogP contribution in [-0.2, 0) is 11.3 Å². The monoisotopic (exact) mass is 502 g/mol. The fraction of sp³-hybridized carbons (Fsp3) is 0.136. The van der Waals surface area contributed by atoms with Gasteiger partial charge in [-0.3, -0.25) is 4.79 Å². The number of ether oxygens (including phenoxy) is 1. The predicted octanol–water partition coefficient (Wildman–Crippen LogP) is 6.15. The van der Waals surface area contributed by atoms with Gasteiger partial charge in [0, 0.05) is 22.4 Å². The summed E-state index contributed by atoms with van der Waals surface area (Å²) in [4.78, 5) is 12.1. The molecule has 3 aromatic carbocycles. The highest BCUT2D eigenvalue weighted by Crippen LogP contribution is 2.26. The van der Waals surface area contributed by atoms with Gasteiger partial charge >= 0.3 is 0 Å². The fourth-order valence-corrected chi connectivity index (χ4v) is 3.39. The van der Waals surface area contributed by atoms with Gasteiger partial charge in [-0.15, -0.1) is 0 Å². The van der Waals surface area contributed by atoms with E-state index < -0.39 is 0 Å². The number of amides is 1. The van der Waals surface area contributed by atoms with Crippen molar-refractivity contribution in [3.63, 3.8) is 0 Å². The van der Waals surface area contributed by atoms with Crippen LogP contribution in [0.5, 0.6) is 5.75 Å². The van der Waals surface area contributed by atoms with Gasteiger partial charge in [0.05, 0.1) is 4.47 Å². The molecule has 0 aliphatic heterocycles.